The summed E-state index contributed by atoms with van der Waals surface area (Å²) < 4.78 is 15.0. The second kappa shape index (κ2) is 5.29. The minimum Gasteiger partial charge on any atom is -0.383 e. The Bertz CT molecular complexity index is 189. The van der Waals surface area contributed by atoms with Crippen molar-refractivity contribution >= 4 is 5.91 Å². The van der Waals surface area contributed by atoms with Crippen LogP contribution >= 0.6 is 0 Å². The van der Waals surface area contributed by atoms with Gasteiger partial charge >= 0.3 is 0 Å². The normalized spacial score (nSPS) is 20.4. The van der Waals surface area contributed by atoms with Crippen molar-refractivity contribution in [1.82, 2.24) is 5.32 Å². The summed E-state index contributed by atoms with van der Waals surface area (Å²) in [5.74, 6) is -0.0470. The summed E-state index contributed by atoms with van der Waals surface area (Å²) >= 11 is 0. The van der Waals surface area contributed by atoms with Crippen molar-refractivity contribution < 1.29 is 19.0 Å². The largest absolute Gasteiger partial charge is 0.383 e. The lowest BCUT2D eigenvalue weighted by Crippen LogP contribution is -2.48. The molecule has 1 amide bonds. The summed E-state index contributed by atoms with van der Waals surface area (Å²) in [5.41, 5.74) is -0.564. The van der Waals surface area contributed by atoms with E-state index >= 15 is 0 Å². The molecule has 0 atom stereocenters. The van der Waals surface area contributed by atoms with E-state index in [0.29, 0.717) is 26.4 Å². The van der Waals surface area contributed by atoms with Gasteiger partial charge in [0.05, 0.1) is 25.2 Å². The average Bonchev–Trinajstić information content (AvgIpc) is 2.19. The van der Waals surface area contributed by atoms with Crippen molar-refractivity contribution in [3.05, 3.63) is 0 Å². The van der Waals surface area contributed by atoms with Gasteiger partial charge < -0.3 is 19.5 Å². The number of methoxy groups -OCH3 is 1. The van der Waals surface area contributed by atoms with E-state index in [1.165, 1.54) is 0 Å². The van der Waals surface area contributed by atoms with Gasteiger partial charge in [0.1, 0.15) is 6.79 Å². The van der Waals surface area contributed by atoms with Gasteiger partial charge in [-0.2, -0.15) is 0 Å². The molecule has 0 spiro atoms. The number of hydrogen-bond acceptors (Lipinski definition) is 4. The maximum Gasteiger partial charge on any atom is 0.230 e. The Morgan fingerprint density at radius 2 is 2.14 bits per heavy atom. The Balaban J connectivity index is 2.33. The Labute approximate surface area is 83.7 Å². The van der Waals surface area contributed by atoms with Gasteiger partial charge in [0.25, 0.3) is 0 Å². The summed E-state index contributed by atoms with van der Waals surface area (Å²) in [4.78, 5) is 11.7. The van der Waals surface area contributed by atoms with Gasteiger partial charge in [0, 0.05) is 13.7 Å². The first kappa shape index (κ1) is 11.4. The fourth-order valence-electron chi connectivity index (χ4n) is 1.25. The Morgan fingerprint density at radius 1 is 1.50 bits per heavy atom. The second-order valence-corrected chi connectivity index (χ2v) is 3.62. The summed E-state index contributed by atoms with van der Waals surface area (Å²) in [5, 5.41) is 2.77. The van der Waals surface area contributed by atoms with Crippen molar-refractivity contribution in [2.75, 3.05) is 40.3 Å². The van der Waals surface area contributed by atoms with Crippen LogP contribution in [0.1, 0.15) is 6.92 Å². The van der Waals surface area contributed by atoms with Crippen LogP contribution in [-0.4, -0.2) is 46.2 Å². The van der Waals surface area contributed by atoms with Crippen molar-refractivity contribution in [1.29, 1.82) is 0 Å². The topological polar surface area (TPSA) is 56.8 Å². The quantitative estimate of drug-likeness (QED) is 0.641. The van der Waals surface area contributed by atoms with Crippen LogP contribution in [0.5, 0.6) is 0 Å². The molecule has 0 aromatic heterocycles. The molecule has 5 heteroatoms. The van der Waals surface area contributed by atoms with E-state index in [4.69, 9.17) is 14.2 Å². The van der Waals surface area contributed by atoms with Gasteiger partial charge in [0.15, 0.2) is 0 Å². The predicted molar refractivity (Wildman–Crippen MR) is 49.8 cm³/mol. The monoisotopic (exact) mass is 203 g/mol. The van der Waals surface area contributed by atoms with Gasteiger partial charge in [0.2, 0.25) is 5.91 Å². The van der Waals surface area contributed by atoms with E-state index in [-0.39, 0.29) is 12.7 Å². The third-order valence-electron chi connectivity index (χ3n) is 2.15. The molecule has 0 bridgehead atoms. The predicted octanol–water partition coefficient (Wildman–Crippen LogP) is -0.240. The molecule has 0 saturated carbocycles. The Kier molecular flexibility index (Phi) is 4.31. The highest BCUT2D eigenvalue weighted by molar-refractivity contribution is 5.82. The van der Waals surface area contributed by atoms with Crippen LogP contribution < -0.4 is 5.32 Å². The lowest BCUT2D eigenvalue weighted by atomic mass is 9.91. The SMILES string of the molecule is COCCNC(=O)C1(C)COCOC1. The number of amides is 1. The summed E-state index contributed by atoms with van der Waals surface area (Å²) in [6.07, 6.45) is 0. The van der Waals surface area contributed by atoms with Crippen molar-refractivity contribution in [2.45, 2.75) is 6.92 Å². The lowest BCUT2D eigenvalue weighted by molar-refractivity contribution is -0.173. The van der Waals surface area contributed by atoms with Crippen LogP contribution in [0.4, 0.5) is 0 Å². The molecule has 1 aliphatic rings. The molecule has 5 nitrogen and oxygen atoms in total. The zero-order valence-corrected chi connectivity index (χ0v) is 8.67. The molecule has 14 heavy (non-hydrogen) atoms. The summed E-state index contributed by atoms with van der Waals surface area (Å²) in [7, 11) is 1.60. The Morgan fingerprint density at radius 3 is 2.71 bits per heavy atom. The van der Waals surface area contributed by atoms with E-state index < -0.39 is 5.41 Å². The van der Waals surface area contributed by atoms with Gasteiger partial charge in [-0.25, -0.2) is 0 Å². The van der Waals surface area contributed by atoms with Crippen molar-refractivity contribution in [3.63, 3.8) is 0 Å². The molecule has 1 heterocycles. The molecule has 0 aliphatic carbocycles. The molecule has 1 aliphatic heterocycles. The fraction of sp³-hybridized carbons (Fsp3) is 0.889. The van der Waals surface area contributed by atoms with E-state index in [0.717, 1.165) is 0 Å². The van der Waals surface area contributed by atoms with Crippen LogP contribution in [0.2, 0.25) is 0 Å². The van der Waals surface area contributed by atoms with Crippen LogP contribution in [-0.2, 0) is 19.0 Å². The van der Waals surface area contributed by atoms with Gasteiger partial charge in [-0.05, 0) is 6.92 Å². The standard InChI is InChI=1S/C9H17NO4/c1-9(5-13-7-14-6-9)8(11)10-3-4-12-2/h3-7H2,1-2H3,(H,10,11). The molecule has 1 rings (SSSR count). The van der Waals surface area contributed by atoms with Crippen molar-refractivity contribution in [3.8, 4) is 0 Å². The number of carbonyl (C=O) groups is 1. The molecule has 1 saturated heterocycles. The minimum atomic E-state index is -0.564. The van der Waals surface area contributed by atoms with E-state index in [9.17, 15) is 4.79 Å². The average molecular weight is 203 g/mol. The van der Waals surface area contributed by atoms with Crippen LogP contribution in [0.15, 0.2) is 0 Å². The minimum absolute atomic E-state index is 0.0470. The highest BCUT2D eigenvalue weighted by atomic mass is 16.7. The van der Waals surface area contributed by atoms with Gasteiger partial charge in [-0.1, -0.05) is 0 Å². The molecular weight excluding hydrogens is 186 g/mol. The summed E-state index contributed by atoms with van der Waals surface area (Å²) in [6.45, 7) is 3.96. The van der Waals surface area contributed by atoms with Gasteiger partial charge in [-0.15, -0.1) is 0 Å². The highest BCUT2D eigenvalue weighted by Gasteiger charge is 2.36. The van der Waals surface area contributed by atoms with Crippen LogP contribution in [0, 0.1) is 5.41 Å². The smallest absolute Gasteiger partial charge is 0.230 e. The van der Waals surface area contributed by atoms with Crippen molar-refractivity contribution in [2.24, 2.45) is 5.41 Å². The van der Waals surface area contributed by atoms with Crippen LogP contribution in [0.25, 0.3) is 0 Å². The molecule has 1 N–H and O–H groups in total. The first-order chi connectivity index (χ1) is 6.69. The van der Waals surface area contributed by atoms with Crippen LogP contribution in [0.3, 0.4) is 0 Å². The number of carbonyl (C=O) groups excluding carboxylic acids is 1. The zero-order valence-electron chi connectivity index (χ0n) is 8.67. The number of nitrogens with one attached hydrogen (secondary N) is 1. The molecule has 0 radical (unpaired) electrons. The Hall–Kier alpha value is -0.650. The van der Waals surface area contributed by atoms with Gasteiger partial charge in [-0.3, -0.25) is 4.79 Å². The fourth-order valence-corrected chi connectivity index (χ4v) is 1.25. The summed E-state index contributed by atoms with van der Waals surface area (Å²) in [6, 6.07) is 0. The maximum atomic E-state index is 11.7. The third-order valence-corrected chi connectivity index (χ3v) is 2.15. The molecular formula is C9H17NO4. The van der Waals surface area contributed by atoms with E-state index in [1.807, 2.05) is 6.92 Å². The molecule has 1 fully saturated rings. The van der Waals surface area contributed by atoms with E-state index in [1.54, 1.807) is 7.11 Å². The lowest BCUT2D eigenvalue weighted by Gasteiger charge is -2.31. The first-order valence-corrected chi connectivity index (χ1v) is 4.62. The molecule has 0 unspecified atom stereocenters. The highest BCUT2D eigenvalue weighted by Crippen LogP contribution is 2.21. The zero-order chi connectivity index (χ0) is 10.4. The number of hydrogen-bond donors (Lipinski definition) is 1. The molecule has 0 aromatic rings. The first-order valence-electron chi connectivity index (χ1n) is 4.62. The third kappa shape index (κ3) is 2.94. The van der Waals surface area contributed by atoms with E-state index in [2.05, 4.69) is 5.32 Å². The molecule has 0 aromatic carbocycles. The number of ether oxygens (including phenoxy) is 3. The number of rotatable bonds is 4. The molecule has 82 valence electrons. The maximum absolute atomic E-state index is 11.7. The second-order valence-electron chi connectivity index (χ2n) is 3.62.